The molecule has 1 unspecified atom stereocenters. The van der Waals surface area contributed by atoms with Crippen LogP contribution in [-0.4, -0.2) is 39.1 Å². The summed E-state index contributed by atoms with van der Waals surface area (Å²) in [6.07, 6.45) is 1.98. The van der Waals surface area contributed by atoms with Crippen LogP contribution in [0.2, 0.25) is 0 Å². The number of aromatic nitrogens is 2. The van der Waals surface area contributed by atoms with Gasteiger partial charge in [0, 0.05) is 25.8 Å². The number of fused-ring (bicyclic) bond motifs is 1. The van der Waals surface area contributed by atoms with Gasteiger partial charge in [0.2, 0.25) is 5.43 Å². The number of carboxylic acid groups (broad SMARTS) is 1. The second-order valence-corrected chi connectivity index (χ2v) is 6.08. The van der Waals surface area contributed by atoms with E-state index in [0.717, 1.165) is 12.5 Å². The lowest BCUT2D eigenvalue weighted by atomic mass is 10.2. The Kier molecular flexibility index (Phi) is 3.97. The summed E-state index contributed by atoms with van der Waals surface area (Å²) in [4.78, 5) is 29.4. The van der Waals surface area contributed by atoms with Crippen LogP contribution in [0.5, 0.6) is 0 Å². The van der Waals surface area contributed by atoms with Crippen molar-refractivity contribution in [1.29, 1.82) is 0 Å². The zero-order valence-electron chi connectivity index (χ0n) is 12.4. The Balaban J connectivity index is 2.25. The van der Waals surface area contributed by atoms with Crippen molar-refractivity contribution in [2.75, 3.05) is 18.0 Å². The smallest absolute Gasteiger partial charge is 0.341 e. The number of pyridine rings is 2. The summed E-state index contributed by atoms with van der Waals surface area (Å²) in [5.74, 6) is -1.84. The third kappa shape index (κ3) is 2.65. The van der Waals surface area contributed by atoms with E-state index in [-0.39, 0.29) is 22.2 Å². The maximum Gasteiger partial charge on any atom is 0.341 e. The number of hydrogen-bond acceptors (Lipinski definition) is 4. The molecule has 1 saturated heterocycles. The van der Waals surface area contributed by atoms with E-state index in [0.29, 0.717) is 19.6 Å². The van der Waals surface area contributed by atoms with Gasteiger partial charge >= 0.3 is 5.97 Å². The highest BCUT2D eigenvalue weighted by atomic mass is 35.5. The lowest BCUT2D eigenvalue weighted by Gasteiger charge is -2.19. The molecule has 0 aromatic carbocycles. The van der Waals surface area contributed by atoms with Crippen LogP contribution in [0, 0.1) is 5.82 Å². The van der Waals surface area contributed by atoms with Gasteiger partial charge in [0.25, 0.3) is 0 Å². The third-order valence-electron chi connectivity index (χ3n) is 3.98. The molecule has 2 aromatic rings. The van der Waals surface area contributed by atoms with Gasteiger partial charge in [0.1, 0.15) is 11.2 Å². The molecule has 0 aliphatic carbocycles. The summed E-state index contributed by atoms with van der Waals surface area (Å²) < 4.78 is 15.9. The van der Waals surface area contributed by atoms with Crippen LogP contribution in [0.3, 0.4) is 0 Å². The molecule has 3 rings (SSSR count). The van der Waals surface area contributed by atoms with Gasteiger partial charge in [-0.3, -0.25) is 4.79 Å². The first-order valence-electron chi connectivity index (χ1n) is 7.28. The van der Waals surface area contributed by atoms with Crippen LogP contribution in [0.25, 0.3) is 11.0 Å². The first kappa shape index (κ1) is 15.7. The minimum Gasteiger partial charge on any atom is -0.477 e. The summed E-state index contributed by atoms with van der Waals surface area (Å²) in [5.41, 5.74) is -0.848. The molecule has 1 N–H and O–H groups in total. The molecule has 23 heavy (non-hydrogen) atoms. The molecule has 3 heterocycles. The van der Waals surface area contributed by atoms with Gasteiger partial charge in [0.15, 0.2) is 11.6 Å². The second-order valence-electron chi connectivity index (χ2n) is 5.46. The molecule has 6 nitrogen and oxygen atoms in total. The van der Waals surface area contributed by atoms with Gasteiger partial charge in [0.05, 0.1) is 10.8 Å². The van der Waals surface area contributed by atoms with Gasteiger partial charge < -0.3 is 14.6 Å². The van der Waals surface area contributed by atoms with Crippen molar-refractivity contribution in [2.24, 2.45) is 0 Å². The Labute approximate surface area is 136 Å². The van der Waals surface area contributed by atoms with E-state index in [1.807, 2.05) is 0 Å². The molecule has 0 saturated carbocycles. The number of anilines is 1. The quantitative estimate of drug-likeness (QED) is 0.866. The Morgan fingerprint density at radius 1 is 1.57 bits per heavy atom. The molecular weight excluding hydrogens is 325 g/mol. The number of halogens is 2. The van der Waals surface area contributed by atoms with Crippen molar-refractivity contribution in [3.8, 4) is 0 Å². The Morgan fingerprint density at radius 2 is 2.30 bits per heavy atom. The number of aryl methyl sites for hydroxylation is 1. The molecule has 0 spiro atoms. The molecule has 1 fully saturated rings. The number of hydrogen-bond donors (Lipinski definition) is 1. The van der Waals surface area contributed by atoms with Crippen LogP contribution >= 0.6 is 11.6 Å². The van der Waals surface area contributed by atoms with E-state index < -0.39 is 22.8 Å². The molecule has 0 bridgehead atoms. The summed E-state index contributed by atoms with van der Waals surface area (Å²) >= 11 is 6.05. The van der Waals surface area contributed by atoms with Crippen LogP contribution in [0.1, 0.15) is 23.7 Å². The number of carboxylic acids is 1. The molecule has 1 aliphatic heterocycles. The van der Waals surface area contributed by atoms with Crippen molar-refractivity contribution in [1.82, 2.24) is 9.55 Å². The maximum absolute atomic E-state index is 14.4. The molecule has 122 valence electrons. The number of alkyl halides is 1. The topological polar surface area (TPSA) is 75.4 Å². The van der Waals surface area contributed by atoms with Crippen LogP contribution in [-0.2, 0) is 6.54 Å². The molecule has 8 heteroatoms. The van der Waals surface area contributed by atoms with E-state index in [1.54, 1.807) is 11.8 Å². The Morgan fingerprint density at radius 3 is 2.87 bits per heavy atom. The number of aromatic carboxylic acids is 1. The number of nitrogens with zero attached hydrogens (tertiary/aromatic N) is 3. The van der Waals surface area contributed by atoms with E-state index >= 15 is 0 Å². The molecular formula is C15H15ClFN3O3. The van der Waals surface area contributed by atoms with E-state index in [4.69, 9.17) is 16.7 Å². The highest BCUT2D eigenvalue weighted by Gasteiger charge is 2.25. The molecule has 1 atom stereocenters. The lowest BCUT2D eigenvalue weighted by Crippen LogP contribution is -2.24. The first-order chi connectivity index (χ1) is 10.9. The van der Waals surface area contributed by atoms with E-state index in [2.05, 4.69) is 4.98 Å². The fourth-order valence-electron chi connectivity index (χ4n) is 2.80. The average molecular weight is 340 g/mol. The van der Waals surface area contributed by atoms with Crippen LogP contribution in [0.4, 0.5) is 10.2 Å². The predicted octanol–water partition coefficient (Wildman–Crippen LogP) is 2.07. The molecule has 2 aromatic heterocycles. The number of rotatable bonds is 3. The van der Waals surface area contributed by atoms with Gasteiger partial charge in [-0.15, -0.1) is 11.6 Å². The first-order valence-corrected chi connectivity index (χ1v) is 7.72. The minimum absolute atomic E-state index is 0.0328. The SMILES string of the molecule is CCn1cc(C(=O)O)c(=O)c2cc(F)c(N3CCC(Cl)C3)nc21. The molecule has 1 aliphatic rings. The predicted molar refractivity (Wildman–Crippen MR) is 85.1 cm³/mol. The summed E-state index contributed by atoms with van der Waals surface area (Å²) in [5, 5.41) is 9.03. The normalized spacial score (nSPS) is 17.9. The highest BCUT2D eigenvalue weighted by molar-refractivity contribution is 6.21. The van der Waals surface area contributed by atoms with E-state index in [9.17, 15) is 14.0 Å². The Hall–Kier alpha value is -2.15. The van der Waals surface area contributed by atoms with Crippen molar-refractivity contribution < 1.29 is 14.3 Å². The van der Waals surface area contributed by atoms with Gasteiger partial charge in [-0.05, 0) is 19.4 Å². The Bertz CT molecular complexity index is 852. The fraction of sp³-hybridized carbons (Fsp3) is 0.400. The van der Waals surface area contributed by atoms with Crippen molar-refractivity contribution >= 4 is 34.4 Å². The largest absolute Gasteiger partial charge is 0.477 e. The maximum atomic E-state index is 14.4. The standard InChI is InChI=1S/C15H15ClFN3O3/c1-2-19-7-10(15(22)23)12(21)9-5-11(17)14(18-13(9)19)20-4-3-8(16)6-20/h5,7-8H,2-4,6H2,1H3,(H,22,23). The molecule has 0 amide bonds. The summed E-state index contributed by atoms with van der Waals surface area (Å²) in [6, 6.07) is 1.07. The second kappa shape index (κ2) is 5.81. The zero-order valence-corrected chi connectivity index (χ0v) is 13.2. The van der Waals surface area contributed by atoms with Crippen molar-refractivity contribution in [3.05, 3.63) is 33.9 Å². The zero-order chi connectivity index (χ0) is 16.7. The summed E-state index contributed by atoms with van der Waals surface area (Å²) in [6.45, 7) is 3.28. The highest BCUT2D eigenvalue weighted by Crippen LogP contribution is 2.26. The fourth-order valence-corrected chi connectivity index (χ4v) is 3.07. The number of carbonyl (C=O) groups is 1. The van der Waals surface area contributed by atoms with Gasteiger partial charge in [-0.1, -0.05) is 0 Å². The monoisotopic (exact) mass is 339 g/mol. The lowest BCUT2D eigenvalue weighted by molar-refractivity contribution is 0.0695. The minimum atomic E-state index is -1.34. The summed E-state index contributed by atoms with van der Waals surface area (Å²) in [7, 11) is 0. The van der Waals surface area contributed by atoms with Crippen LogP contribution < -0.4 is 10.3 Å². The van der Waals surface area contributed by atoms with Gasteiger partial charge in [-0.25, -0.2) is 14.2 Å². The molecule has 0 radical (unpaired) electrons. The van der Waals surface area contributed by atoms with E-state index in [1.165, 1.54) is 10.8 Å². The van der Waals surface area contributed by atoms with Crippen molar-refractivity contribution in [3.63, 3.8) is 0 Å². The third-order valence-corrected chi connectivity index (χ3v) is 4.34. The van der Waals surface area contributed by atoms with Crippen LogP contribution in [0.15, 0.2) is 17.1 Å². The average Bonchev–Trinajstić information content (AvgIpc) is 2.93. The van der Waals surface area contributed by atoms with Gasteiger partial charge in [-0.2, -0.15) is 0 Å². The van der Waals surface area contributed by atoms with Crippen molar-refractivity contribution in [2.45, 2.75) is 25.3 Å².